The number of hydrogen-bond donors (Lipinski definition) is 1. The molecule has 1 fully saturated rings. The molecule has 1 N–H and O–H groups in total. The Morgan fingerprint density at radius 2 is 2.10 bits per heavy atom. The molecule has 2 rings (SSSR count). The summed E-state index contributed by atoms with van der Waals surface area (Å²) in [6.07, 6.45) is 2.14. The summed E-state index contributed by atoms with van der Waals surface area (Å²) in [6, 6.07) is 4.68. The third-order valence-electron chi connectivity index (χ3n) is 3.96. The number of rotatable bonds is 3. The normalized spacial score (nSPS) is 19.6. The van der Waals surface area contributed by atoms with Gasteiger partial charge in [-0.2, -0.15) is 0 Å². The SMILES string of the molecule is CNS(=O)(=O)c1ccc(C)c(C(=O)N2CCCC(C)C2)c1. The van der Waals surface area contributed by atoms with Crippen LogP contribution in [0, 0.1) is 12.8 Å². The minimum absolute atomic E-state index is 0.0767. The summed E-state index contributed by atoms with van der Waals surface area (Å²) in [5, 5.41) is 0. The molecule has 1 saturated heterocycles. The first-order chi connectivity index (χ1) is 9.85. The number of nitrogens with zero attached hydrogens (tertiary/aromatic N) is 1. The van der Waals surface area contributed by atoms with Gasteiger partial charge in [-0.05, 0) is 50.4 Å². The maximum absolute atomic E-state index is 12.6. The van der Waals surface area contributed by atoms with Gasteiger partial charge >= 0.3 is 0 Å². The molecule has 0 spiro atoms. The summed E-state index contributed by atoms with van der Waals surface area (Å²) in [7, 11) is -2.17. The van der Waals surface area contributed by atoms with Gasteiger partial charge < -0.3 is 4.90 Å². The molecule has 6 heteroatoms. The van der Waals surface area contributed by atoms with Gasteiger partial charge in [0.1, 0.15) is 0 Å². The number of carbonyl (C=O) groups is 1. The zero-order valence-corrected chi connectivity index (χ0v) is 13.5. The number of aryl methyl sites for hydroxylation is 1. The van der Waals surface area contributed by atoms with Crippen molar-refractivity contribution in [3.63, 3.8) is 0 Å². The molecule has 1 aromatic rings. The molecule has 0 bridgehead atoms. The van der Waals surface area contributed by atoms with E-state index in [0.29, 0.717) is 11.5 Å². The molecule has 0 saturated carbocycles. The lowest BCUT2D eigenvalue weighted by Crippen LogP contribution is -2.39. The van der Waals surface area contributed by atoms with Crippen LogP contribution in [0.4, 0.5) is 0 Å². The van der Waals surface area contributed by atoms with Crippen LogP contribution >= 0.6 is 0 Å². The first-order valence-corrected chi connectivity index (χ1v) is 8.67. The highest BCUT2D eigenvalue weighted by atomic mass is 32.2. The molecule has 5 nitrogen and oxygen atoms in total. The van der Waals surface area contributed by atoms with E-state index in [-0.39, 0.29) is 10.8 Å². The van der Waals surface area contributed by atoms with Crippen molar-refractivity contribution in [3.8, 4) is 0 Å². The minimum atomic E-state index is -3.53. The van der Waals surface area contributed by atoms with Gasteiger partial charge in [-0.15, -0.1) is 0 Å². The number of benzene rings is 1. The fourth-order valence-corrected chi connectivity index (χ4v) is 3.42. The van der Waals surface area contributed by atoms with Gasteiger partial charge in [-0.25, -0.2) is 13.1 Å². The smallest absolute Gasteiger partial charge is 0.254 e. The average molecular weight is 310 g/mol. The zero-order chi connectivity index (χ0) is 15.6. The molecule has 1 amide bonds. The molecule has 0 radical (unpaired) electrons. The van der Waals surface area contributed by atoms with Crippen LogP contribution in [-0.4, -0.2) is 39.4 Å². The summed E-state index contributed by atoms with van der Waals surface area (Å²) in [6.45, 7) is 5.44. The topological polar surface area (TPSA) is 66.5 Å². The van der Waals surface area contributed by atoms with Gasteiger partial charge in [0.05, 0.1) is 4.90 Å². The average Bonchev–Trinajstić information content (AvgIpc) is 2.47. The van der Waals surface area contributed by atoms with Crippen LogP contribution in [0.2, 0.25) is 0 Å². The summed E-state index contributed by atoms with van der Waals surface area (Å²) < 4.78 is 26.0. The number of sulfonamides is 1. The van der Waals surface area contributed by atoms with E-state index >= 15 is 0 Å². The van der Waals surface area contributed by atoms with Gasteiger partial charge in [0.15, 0.2) is 0 Å². The van der Waals surface area contributed by atoms with Crippen molar-refractivity contribution in [3.05, 3.63) is 29.3 Å². The van der Waals surface area contributed by atoms with Crippen LogP contribution in [0.25, 0.3) is 0 Å². The summed E-state index contributed by atoms with van der Waals surface area (Å²) in [4.78, 5) is 14.6. The van der Waals surface area contributed by atoms with Crippen molar-refractivity contribution in [2.75, 3.05) is 20.1 Å². The molecule has 1 unspecified atom stereocenters. The maximum Gasteiger partial charge on any atom is 0.254 e. The molecule has 1 heterocycles. The predicted molar refractivity (Wildman–Crippen MR) is 81.7 cm³/mol. The second-order valence-corrected chi connectivity index (χ2v) is 7.57. The Balaban J connectivity index is 2.34. The lowest BCUT2D eigenvalue weighted by Gasteiger charge is -2.31. The molecular weight excluding hydrogens is 288 g/mol. The second-order valence-electron chi connectivity index (χ2n) is 5.68. The van der Waals surface area contributed by atoms with Crippen LogP contribution in [0.3, 0.4) is 0 Å². The zero-order valence-electron chi connectivity index (χ0n) is 12.7. The van der Waals surface area contributed by atoms with Crippen molar-refractivity contribution in [2.24, 2.45) is 5.92 Å². The van der Waals surface area contributed by atoms with Gasteiger partial charge in [0.25, 0.3) is 5.91 Å². The minimum Gasteiger partial charge on any atom is -0.338 e. The third kappa shape index (κ3) is 3.44. The summed E-state index contributed by atoms with van der Waals surface area (Å²) >= 11 is 0. The van der Waals surface area contributed by atoms with E-state index in [1.54, 1.807) is 6.07 Å². The predicted octanol–water partition coefficient (Wildman–Crippen LogP) is 1.78. The summed E-state index contributed by atoms with van der Waals surface area (Å²) in [5.74, 6) is 0.416. The van der Waals surface area contributed by atoms with E-state index in [9.17, 15) is 13.2 Å². The fourth-order valence-electron chi connectivity index (χ4n) is 2.66. The maximum atomic E-state index is 12.6. The van der Waals surface area contributed by atoms with Gasteiger partial charge in [0.2, 0.25) is 10.0 Å². The Kier molecular flexibility index (Phi) is 4.68. The van der Waals surface area contributed by atoms with Crippen LogP contribution in [0.1, 0.15) is 35.7 Å². The summed E-state index contributed by atoms with van der Waals surface area (Å²) in [5.41, 5.74) is 1.27. The number of carbonyl (C=O) groups excluding carboxylic acids is 1. The number of likely N-dealkylation sites (tertiary alicyclic amines) is 1. The quantitative estimate of drug-likeness (QED) is 0.925. The van der Waals surface area contributed by atoms with Crippen molar-refractivity contribution < 1.29 is 13.2 Å². The molecule has 116 valence electrons. The first-order valence-electron chi connectivity index (χ1n) is 7.18. The van der Waals surface area contributed by atoms with E-state index < -0.39 is 10.0 Å². The lowest BCUT2D eigenvalue weighted by molar-refractivity contribution is 0.0682. The van der Waals surface area contributed by atoms with E-state index in [1.165, 1.54) is 19.2 Å². The van der Waals surface area contributed by atoms with Gasteiger partial charge in [-0.3, -0.25) is 4.79 Å². The molecule has 1 aliphatic rings. The molecule has 0 aromatic heterocycles. The number of amides is 1. The largest absolute Gasteiger partial charge is 0.338 e. The first kappa shape index (κ1) is 16.0. The lowest BCUT2D eigenvalue weighted by atomic mass is 9.99. The Labute approximate surface area is 126 Å². The Morgan fingerprint density at radius 1 is 1.38 bits per heavy atom. The highest BCUT2D eigenvalue weighted by Gasteiger charge is 2.24. The molecular formula is C15H22N2O3S. The monoisotopic (exact) mass is 310 g/mol. The van der Waals surface area contributed by atoms with E-state index in [4.69, 9.17) is 0 Å². The van der Waals surface area contributed by atoms with E-state index in [2.05, 4.69) is 11.6 Å². The van der Waals surface area contributed by atoms with Crippen LogP contribution in [-0.2, 0) is 10.0 Å². The van der Waals surface area contributed by atoms with E-state index in [0.717, 1.165) is 31.5 Å². The number of hydrogen-bond acceptors (Lipinski definition) is 3. The van der Waals surface area contributed by atoms with E-state index in [1.807, 2.05) is 11.8 Å². The third-order valence-corrected chi connectivity index (χ3v) is 5.37. The molecule has 1 atom stereocenters. The van der Waals surface area contributed by atoms with Crippen molar-refractivity contribution in [1.29, 1.82) is 0 Å². The van der Waals surface area contributed by atoms with Crippen LogP contribution in [0.15, 0.2) is 23.1 Å². The molecule has 1 aromatic carbocycles. The molecule has 21 heavy (non-hydrogen) atoms. The standard InChI is InChI=1S/C15H22N2O3S/c1-11-5-4-8-17(10-11)15(18)14-9-13(7-6-12(14)2)21(19,20)16-3/h6-7,9,11,16H,4-5,8,10H2,1-3H3. The Hall–Kier alpha value is -1.40. The van der Waals surface area contributed by atoms with Crippen molar-refractivity contribution >= 4 is 15.9 Å². The highest BCUT2D eigenvalue weighted by molar-refractivity contribution is 7.89. The van der Waals surface area contributed by atoms with Crippen molar-refractivity contribution in [2.45, 2.75) is 31.6 Å². The molecule has 0 aliphatic carbocycles. The number of piperidine rings is 1. The fraction of sp³-hybridized carbons (Fsp3) is 0.533. The Bertz CT molecular complexity index is 640. The van der Waals surface area contributed by atoms with Crippen molar-refractivity contribution in [1.82, 2.24) is 9.62 Å². The molecule has 1 aliphatic heterocycles. The van der Waals surface area contributed by atoms with Gasteiger partial charge in [0, 0.05) is 18.7 Å². The Morgan fingerprint density at radius 3 is 2.71 bits per heavy atom. The number of nitrogens with one attached hydrogen (secondary N) is 1. The highest BCUT2D eigenvalue weighted by Crippen LogP contribution is 2.21. The van der Waals surface area contributed by atoms with Crippen LogP contribution in [0.5, 0.6) is 0 Å². The van der Waals surface area contributed by atoms with Gasteiger partial charge in [-0.1, -0.05) is 13.0 Å². The van der Waals surface area contributed by atoms with Crippen LogP contribution < -0.4 is 4.72 Å². The second kappa shape index (κ2) is 6.15.